The third-order valence-electron chi connectivity index (χ3n) is 4.33. The van der Waals surface area contributed by atoms with Gasteiger partial charge in [0.1, 0.15) is 5.75 Å². The van der Waals surface area contributed by atoms with E-state index in [2.05, 4.69) is 36.5 Å². The van der Waals surface area contributed by atoms with Crippen molar-refractivity contribution >= 4 is 17.7 Å². The normalized spacial score (nSPS) is 21.2. The largest absolute Gasteiger partial charge is 0.412 e. The van der Waals surface area contributed by atoms with E-state index in [0.29, 0.717) is 29.2 Å². The number of carbonyl (C=O) groups is 1. The van der Waals surface area contributed by atoms with Gasteiger partial charge in [-0.2, -0.15) is 0 Å². The Morgan fingerprint density at radius 1 is 1.25 bits per heavy atom. The highest BCUT2D eigenvalue weighted by Gasteiger charge is 2.20. The van der Waals surface area contributed by atoms with Gasteiger partial charge in [0.15, 0.2) is 0 Å². The molecule has 1 fully saturated rings. The summed E-state index contributed by atoms with van der Waals surface area (Å²) >= 11 is 5.81. The number of benzene rings is 1. The number of nitrogens with zero attached hydrogens (tertiary/aromatic N) is 1. The number of hydrogen-bond donors (Lipinski definition) is 1. The summed E-state index contributed by atoms with van der Waals surface area (Å²) in [7, 11) is 4.16. The van der Waals surface area contributed by atoms with Gasteiger partial charge in [0.2, 0.25) is 0 Å². The van der Waals surface area contributed by atoms with Crippen molar-refractivity contribution in [3.63, 3.8) is 0 Å². The van der Waals surface area contributed by atoms with Gasteiger partial charge in [0.25, 0.3) is 0 Å². The highest BCUT2D eigenvalue weighted by Crippen LogP contribution is 2.29. The van der Waals surface area contributed by atoms with E-state index in [1.54, 1.807) is 24.3 Å². The number of nitrogens with one attached hydrogen (secondary N) is 1. The molecule has 0 unspecified atom stereocenters. The van der Waals surface area contributed by atoms with Crippen molar-refractivity contribution in [3.8, 4) is 5.75 Å². The number of ether oxygens (including phenoxy) is 1. The van der Waals surface area contributed by atoms with Crippen molar-refractivity contribution in [2.24, 2.45) is 11.8 Å². The van der Waals surface area contributed by atoms with Crippen molar-refractivity contribution in [1.29, 1.82) is 0 Å². The van der Waals surface area contributed by atoms with Crippen molar-refractivity contribution in [1.82, 2.24) is 10.2 Å². The molecule has 5 heteroatoms. The summed E-state index contributed by atoms with van der Waals surface area (Å²) in [4.78, 5) is 14.0. The summed E-state index contributed by atoms with van der Waals surface area (Å²) in [6, 6.07) is 6.78. The van der Waals surface area contributed by atoms with Crippen LogP contribution in [0.4, 0.5) is 4.79 Å². The van der Waals surface area contributed by atoms with Gasteiger partial charge in [-0.15, -0.1) is 0 Å². The Balaban J connectivity index is 1.64. The maximum atomic E-state index is 11.8. The standard InChI is InChI=1S/C19H27ClN2O2/c1-22(2)13-3-4-15-5-7-16(8-6-15)14-21-19(23)24-18-11-9-17(20)10-12-18/h3-4,9-12,15-16H,5-8,13-14H2,1-2H3,(H,21,23). The SMILES string of the molecule is CN(C)CC=CC1CCC(CNC(=O)Oc2ccc(Cl)cc2)CC1. The predicted octanol–water partition coefficient (Wildman–Crippen LogP) is 4.35. The first kappa shape index (κ1) is 18.8. The topological polar surface area (TPSA) is 41.6 Å². The molecule has 1 aromatic rings. The number of likely N-dealkylation sites (N-methyl/N-ethyl adjacent to an activating group) is 1. The Morgan fingerprint density at radius 2 is 1.92 bits per heavy atom. The fraction of sp³-hybridized carbons (Fsp3) is 0.526. The molecule has 0 aliphatic heterocycles. The molecule has 0 radical (unpaired) electrons. The van der Waals surface area contributed by atoms with Gasteiger partial charge in [-0.3, -0.25) is 0 Å². The second-order valence-corrected chi connectivity index (χ2v) is 7.13. The van der Waals surface area contributed by atoms with Gasteiger partial charge in [0.05, 0.1) is 0 Å². The molecular weight excluding hydrogens is 324 g/mol. The number of carbonyl (C=O) groups excluding carboxylic acids is 1. The van der Waals surface area contributed by atoms with Gasteiger partial charge in [0, 0.05) is 18.1 Å². The Bertz CT molecular complexity index is 535. The molecule has 0 atom stereocenters. The molecule has 132 valence electrons. The van der Waals surface area contributed by atoms with Crippen LogP contribution in [0, 0.1) is 11.8 Å². The third-order valence-corrected chi connectivity index (χ3v) is 4.58. The number of allylic oxidation sites excluding steroid dienone is 1. The molecule has 2 rings (SSSR count). The molecule has 1 aliphatic carbocycles. The lowest BCUT2D eigenvalue weighted by Crippen LogP contribution is -2.33. The van der Waals surface area contributed by atoms with Crippen LogP contribution in [0.15, 0.2) is 36.4 Å². The van der Waals surface area contributed by atoms with E-state index >= 15 is 0 Å². The van der Waals surface area contributed by atoms with Crippen LogP contribution in [0.5, 0.6) is 5.75 Å². The van der Waals surface area contributed by atoms with Gasteiger partial charge in [-0.1, -0.05) is 23.8 Å². The van der Waals surface area contributed by atoms with Gasteiger partial charge in [-0.05, 0) is 75.9 Å². The average Bonchev–Trinajstić information content (AvgIpc) is 2.56. The van der Waals surface area contributed by atoms with E-state index in [9.17, 15) is 4.79 Å². The Kier molecular flexibility index (Phi) is 7.60. The monoisotopic (exact) mass is 350 g/mol. The zero-order valence-electron chi connectivity index (χ0n) is 14.5. The lowest BCUT2D eigenvalue weighted by molar-refractivity contribution is 0.195. The molecule has 0 spiro atoms. The van der Waals surface area contributed by atoms with Gasteiger partial charge in [-0.25, -0.2) is 4.79 Å². The van der Waals surface area contributed by atoms with Crippen LogP contribution in [0.3, 0.4) is 0 Å². The minimum Gasteiger partial charge on any atom is -0.410 e. The predicted molar refractivity (Wildman–Crippen MR) is 98.6 cm³/mol. The molecule has 1 aliphatic rings. The molecule has 0 aromatic heterocycles. The molecule has 24 heavy (non-hydrogen) atoms. The molecule has 1 aromatic carbocycles. The second-order valence-electron chi connectivity index (χ2n) is 6.70. The molecule has 1 amide bonds. The van der Waals surface area contributed by atoms with Crippen molar-refractivity contribution < 1.29 is 9.53 Å². The summed E-state index contributed by atoms with van der Waals surface area (Å²) in [6.07, 6.45) is 8.90. The summed E-state index contributed by atoms with van der Waals surface area (Å²) < 4.78 is 5.23. The molecule has 0 heterocycles. The average molecular weight is 351 g/mol. The maximum Gasteiger partial charge on any atom is 0.412 e. The quantitative estimate of drug-likeness (QED) is 0.775. The maximum absolute atomic E-state index is 11.8. The first-order chi connectivity index (χ1) is 11.5. The number of halogens is 1. The highest BCUT2D eigenvalue weighted by atomic mass is 35.5. The van der Waals surface area contributed by atoms with Crippen LogP contribution in [-0.4, -0.2) is 38.2 Å². The van der Waals surface area contributed by atoms with E-state index in [1.807, 2.05) is 0 Å². The van der Waals surface area contributed by atoms with Crippen LogP contribution in [-0.2, 0) is 0 Å². The van der Waals surface area contributed by atoms with Crippen molar-refractivity contribution in [3.05, 3.63) is 41.4 Å². The van der Waals surface area contributed by atoms with Gasteiger partial charge < -0.3 is 15.0 Å². The first-order valence-electron chi connectivity index (χ1n) is 8.55. The minimum absolute atomic E-state index is 0.398. The van der Waals surface area contributed by atoms with Crippen LogP contribution in [0.1, 0.15) is 25.7 Å². The fourth-order valence-electron chi connectivity index (χ4n) is 2.92. The van der Waals surface area contributed by atoms with Crippen molar-refractivity contribution in [2.45, 2.75) is 25.7 Å². The zero-order valence-corrected chi connectivity index (χ0v) is 15.3. The van der Waals surface area contributed by atoms with E-state index in [0.717, 1.165) is 19.4 Å². The zero-order chi connectivity index (χ0) is 17.4. The number of amides is 1. The molecule has 0 bridgehead atoms. The summed E-state index contributed by atoms with van der Waals surface area (Å²) in [5, 5.41) is 3.49. The molecular formula is C19H27ClN2O2. The smallest absolute Gasteiger partial charge is 0.410 e. The lowest BCUT2D eigenvalue weighted by Gasteiger charge is -2.26. The van der Waals surface area contributed by atoms with E-state index < -0.39 is 6.09 Å². The van der Waals surface area contributed by atoms with Crippen LogP contribution in [0.25, 0.3) is 0 Å². The Labute approximate surface area is 149 Å². The third kappa shape index (κ3) is 6.93. The highest BCUT2D eigenvalue weighted by molar-refractivity contribution is 6.30. The minimum atomic E-state index is -0.398. The number of hydrogen-bond acceptors (Lipinski definition) is 3. The fourth-order valence-corrected chi connectivity index (χ4v) is 3.05. The van der Waals surface area contributed by atoms with Crippen LogP contribution in [0.2, 0.25) is 5.02 Å². The summed E-state index contributed by atoms with van der Waals surface area (Å²) in [5.74, 6) is 1.73. The molecule has 4 nitrogen and oxygen atoms in total. The van der Waals surface area contributed by atoms with E-state index in [4.69, 9.17) is 16.3 Å². The summed E-state index contributed by atoms with van der Waals surface area (Å²) in [5.41, 5.74) is 0. The number of rotatable bonds is 6. The van der Waals surface area contributed by atoms with E-state index in [-0.39, 0.29) is 0 Å². The summed E-state index contributed by atoms with van der Waals surface area (Å²) in [6.45, 7) is 1.68. The van der Waals surface area contributed by atoms with Crippen LogP contribution >= 0.6 is 11.6 Å². The van der Waals surface area contributed by atoms with Gasteiger partial charge >= 0.3 is 6.09 Å². The Morgan fingerprint density at radius 3 is 2.54 bits per heavy atom. The van der Waals surface area contributed by atoms with Crippen molar-refractivity contribution in [2.75, 3.05) is 27.2 Å². The Hall–Kier alpha value is -1.52. The molecule has 1 saturated carbocycles. The van der Waals surface area contributed by atoms with Crippen LogP contribution < -0.4 is 10.1 Å². The second kappa shape index (κ2) is 9.70. The molecule has 0 saturated heterocycles. The lowest BCUT2D eigenvalue weighted by atomic mass is 9.82. The molecule has 1 N–H and O–H groups in total. The van der Waals surface area contributed by atoms with E-state index in [1.165, 1.54) is 12.8 Å². The first-order valence-corrected chi connectivity index (χ1v) is 8.93.